The Hall–Kier alpha value is -5.24. The van der Waals surface area contributed by atoms with E-state index in [1.165, 1.54) is 11.0 Å². The lowest BCUT2D eigenvalue weighted by molar-refractivity contribution is -0.120. The lowest BCUT2D eigenvalue weighted by Gasteiger charge is -2.24. The summed E-state index contributed by atoms with van der Waals surface area (Å²) in [7, 11) is 1.56. The number of methoxy groups -OCH3 is 1. The van der Waals surface area contributed by atoms with Gasteiger partial charge in [0, 0.05) is 37.1 Å². The Morgan fingerprint density at radius 3 is 2.45 bits per heavy atom. The Balaban J connectivity index is 1.26. The third-order valence-electron chi connectivity index (χ3n) is 9.17. The number of imide groups is 1. The second kappa shape index (κ2) is 12.5. The van der Waals surface area contributed by atoms with Gasteiger partial charge in [-0.25, -0.2) is 24.5 Å². The number of fused-ring (bicyclic) bond motifs is 3. The van der Waals surface area contributed by atoms with Gasteiger partial charge in [0.25, 0.3) is 0 Å². The smallest absolute Gasteiger partial charge is 0.435 e. The summed E-state index contributed by atoms with van der Waals surface area (Å²) in [4.78, 5) is 53.4. The van der Waals surface area contributed by atoms with E-state index in [1.807, 2.05) is 30.3 Å². The molecule has 1 N–H and O–H groups in total. The Kier molecular flexibility index (Phi) is 8.40. The molecule has 4 heterocycles. The zero-order valence-electron chi connectivity index (χ0n) is 30.0. The minimum absolute atomic E-state index is 0.298. The first kappa shape index (κ1) is 34.2. The summed E-state index contributed by atoms with van der Waals surface area (Å²) in [5.41, 5.74) is -0.118. The fraction of sp³-hybridized carbons (Fsp3) is 0.459. The quantitative estimate of drug-likeness (QED) is 0.249. The van der Waals surface area contributed by atoms with Crippen molar-refractivity contribution in [3.05, 3.63) is 59.9 Å². The second-order valence-corrected chi connectivity index (χ2v) is 15.1. The number of aromatic nitrogens is 4. The van der Waals surface area contributed by atoms with Crippen LogP contribution in [0.1, 0.15) is 71.4 Å². The third kappa shape index (κ3) is 6.44. The topological polar surface area (TPSA) is 150 Å². The van der Waals surface area contributed by atoms with Crippen LogP contribution >= 0.6 is 0 Å². The Bertz CT molecular complexity index is 2020. The van der Waals surface area contributed by atoms with E-state index in [-0.39, 0.29) is 11.8 Å². The predicted octanol–water partition coefficient (Wildman–Crippen LogP) is 6.30. The summed E-state index contributed by atoms with van der Waals surface area (Å²) in [5, 5.41) is 8.60. The molecule has 2 aromatic carbocycles. The van der Waals surface area contributed by atoms with Crippen molar-refractivity contribution < 1.29 is 33.3 Å². The normalized spacial score (nSPS) is 20.3. The molecule has 2 aliphatic heterocycles. The molecule has 2 atom stereocenters. The van der Waals surface area contributed by atoms with Gasteiger partial charge in [-0.3, -0.25) is 4.79 Å². The van der Waals surface area contributed by atoms with E-state index in [0.717, 1.165) is 29.2 Å². The number of rotatable bonds is 5. The molecule has 1 saturated heterocycles. The molecular formula is C37H43N7O7. The number of carbonyl (C=O) groups is 3. The number of hydrogen-bond donors (Lipinski definition) is 1. The molecule has 0 unspecified atom stereocenters. The summed E-state index contributed by atoms with van der Waals surface area (Å²) in [6.45, 7) is 13.5. The van der Waals surface area contributed by atoms with E-state index in [1.54, 1.807) is 60.8 Å². The lowest BCUT2D eigenvalue weighted by atomic mass is 9.91. The maximum atomic E-state index is 14.3. The molecule has 2 fully saturated rings. The highest BCUT2D eigenvalue weighted by Gasteiger charge is 2.68. The van der Waals surface area contributed by atoms with Gasteiger partial charge < -0.3 is 29.2 Å². The molecule has 1 aliphatic carbocycles. The fourth-order valence-electron chi connectivity index (χ4n) is 6.88. The van der Waals surface area contributed by atoms with Crippen molar-refractivity contribution in [2.45, 2.75) is 76.9 Å². The first-order valence-electron chi connectivity index (χ1n) is 17.1. The minimum Gasteiger partial charge on any atom is -0.497 e. The number of ether oxygens (including phenoxy) is 4. The lowest BCUT2D eigenvalue weighted by Crippen LogP contribution is -2.41. The molecule has 268 valence electrons. The highest BCUT2D eigenvalue weighted by atomic mass is 16.6. The van der Waals surface area contributed by atoms with Crippen molar-refractivity contribution in [2.75, 3.05) is 48.5 Å². The van der Waals surface area contributed by atoms with Gasteiger partial charge in [-0.2, -0.15) is 4.68 Å². The van der Waals surface area contributed by atoms with Crippen molar-refractivity contribution in [3.63, 3.8) is 0 Å². The SMILES string of the molecule is COc1ccc2c(c1)[C@]1(C[C@H]1c1ccc3c(Nc4cc(N5CCCOCC5)ncn4)nn(C(=O)OC(C)(C)C)c3c1)C(=O)N2C(=O)OC(C)(C)C. The second-order valence-electron chi connectivity index (χ2n) is 15.1. The predicted molar refractivity (Wildman–Crippen MR) is 190 cm³/mol. The summed E-state index contributed by atoms with van der Waals surface area (Å²) >= 11 is 0. The van der Waals surface area contributed by atoms with Crippen LogP contribution in [0.5, 0.6) is 5.75 Å². The van der Waals surface area contributed by atoms with E-state index in [2.05, 4.69) is 25.3 Å². The van der Waals surface area contributed by atoms with Crippen LogP contribution in [-0.4, -0.2) is 82.5 Å². The Morgan fingerprint density at radius 1 is 0.941 bits per heavy atom. The van der Waals surface area contributed by atoms with Gasteiger partial charge in [-0.15, -0.1) is 5.10 Å². The zero-order chi connectivity index (χ0) is 36.3. The van der Waals surface area contributed by atoms with Crippen LogP contribution in [0, 0.1) is 0 Å². The molecule has 0 bridgehead atoms. The van der Waals surface area contributed by atoms with E-state index in [4.69, 9.17) is 18.9 Å². The Morgan fingerprint density at radius 2 is 1.71 bits per heavy atom. The minimum atomic E-state index is -1.01. The van der Waals surface area contributed by atoms with E-state index in [0.29, 0.717) is 65.7 Å². The number of carbonyl (C=O) groups excluding carboxylic acids is 3. The molecule has 51 heavy (non-hydrogen) atoms. The number of nitrogens with one attached hydrogen (secondary N) is 1. The summed E-state index contributed by atoms with van der Waals surface area (Å²) in [6.07, 6.45) is 1.46. The summed E-state index contributed by atoms with van der Waals surface area (Å²) in [6, 6.07) is 12.8. The van der Waals surface area contributed by atoms with Crippen molar-refractivity contribution in [2.24, 2.45) is 0 Å². The number of anilines is 4. The summed E-state index contributed by atoms with van der Waals surface area (Å²) in [5.74, 6) is 1.59. The van der Waals surface area contributed by atoms with Crippen LogP contribution in [-0.2, 0) is 24.4 Å². The van der Waals surface area contributed by atoms with Crippen molar-refractivity contribution in [3.8, 4) is 5.75 Å². The van der Waals surface area contributed by atoms with Crippen LogP contribution in [0.25, 0.3) is 10.9 Å². The van der Waals surface area contributed by atoms with E-state index < -0.39 is 28.8 Å². The molecule has 4 aromatic rings. The summed E-state index contributed by atoms with van der Waals surface area (Å²) < 4.78 is 23.8. The van der Waals surface area contributed by atoms with Gasteiger partial charge >= 0.3 is 12.2 Å². The zero-order valence-corrected chi connectivity index (χ0v) is 30.0. The number of nitrogens with zero attached hydrogens (tertiary/aromatic N) is 6. The maximum absolute atomic E-state index is 14.3. The highest BCUT2D eigenvalue weighted by molar-refractivity contribution is 6.23. The molecule has 0 radical (unpaired) electrons. The van der Waals surface area contributed by atoms with Gasteiger partial charge in [-0.05, 0) is 95.8 Å². The number of benzene rings is 2. The van der Waals surface area contributed by atoms with Crippen LogP contribution < -0.4 is 19.9 Å². The molecular weight excluding hydrogens is 654 g/mol. The Labute approximate surface area is 296 Å². The first-order valence-corrected chi connectivity index (χ1v) is 17.1. The first-order chi connectivity index (χ1) is 24.2. The molecule has 14 nitrogen and oxygen atoms in total. The number of amides is 2. The maximum Gasteiger partial charge on any atom is 0.435 e. The third-order valence-corrected chi connectivity index (χ3v) is 9.17. The fourth-order valence-corrected chi connectivity index (χ4v) is 6.88. The van der Waals surface area contributed by atoms with E-state index in [9.17, 15) is 14.4 Å². The van der Waals surface area contributed by atoms with Crippen LogP contribution in [0.2, 0.25) is 0 Å². The standard InChI is InChI=1S/C37H43N7O7/c1-35(2,3)50-33(46)43-27-12-10-23(48-7)18-25(27)37(32(43)45)20-26(37)22-9-11-24-28(17-22)44(34(47)51-36(4,5)6)41-31(24)40-29-19-30(39-21-38-29)42-13-8-15-49-16-14-42/h9-12,17-19,21,26H,8,13-16,20H2,1-7H3,(H,38,39,40,41)/t26-,37-/m0/s1. The van der Waals surface area contributed by atoms with Gasteiger partial charge in [0.05, 0.1) is 30.3 Å². The number of hydrogen-bond acceptors (Lipinski definition) is 12. The van der Waals surface area contributed by atoms with Gasteiger partial charge in [-0.1, -0.05) is 6.07 Å². The van der Waals surface area contributed by atoms with E-state index >= 15 is 0 Å². The highest BCUT2D eigenvalue weighted by Crippen LogP contribution is 2.67. The van der Waals surface area contributed by atoms with Crippen LogP contribution in [0.3, 0.4) is 0 Å². The van der Waals surface area contributed by atoms with Crippen molar-refractivity contribution in [1.29, 1.82) is 0 Å². The molecule has 7 rings (SSSR count). The van der Waals surface area contributed by atoms with Gasteiger partial charge in [0.2, 0.25) is 5.91 Å². The molecule has 3 aliphatic rings. The van der Waals surface area contributed by atoms with Gasteiger partial charge in [0.1, 0.15) is 34.9 Å². The molecule has 1 saturated carbocycles. The van der Waals surface area contributed by atoms with Gasteiger partial charge in [0.15, 0.2) is 5.82 Å². The van der Waals surface area contributed by atoms with Crippen LogP contribution in [0.15, 0.2) is 48.8 Å². The molecule has 2 aromatic heterocycles. The van der Waals surface area contributed by atoms with Crippen LogP contribution in [0.4, 0.5) is 32.7 Å². The largest absolute Gasteiger partial charge is 0.497 e. The van der Waals surface area contributed by atoms with Crippen molar-refractivity contribution in [1.82, 2.24) is 19.7 Å². The molecule has 1 spiro atoms. The molecule has 2 amide bonds. The average Bonchev–Trinajstić information content (AvgIpc) is 3.74. The molecule has 14 heteroatoms. The monoisotopic (exact) mass is 697 g/mol. The average molecular weight is 698 g/mol. The van der Waals surface area contributed by atoms with Crippen molar-refractivity contribution >= 4 is 52.1 Å².